The molecule has 6 rings (SSSR count). The zero-order valence-corrected chi connectivity index (χ0v) is 21.7. The van der Waals surface area contributed by atoms with Gasteiger partial charge in [-0.05, 0) is 31.2 Å². The Morgan fingerprint density at radius 2 is 1.74 bits per heavy atom. The highest BCUT2D eigenvalue weighted by atomic mass is 16.2. The fourth-order valence-electron chi connectivity index (χ4n) is 5.56. The lowest BCUT2D eigenvalue weighted by Crippen LogP contribution is -2.44. The molecule has 3 aromatic heterocycles. The van der Waals surface area contributed by atoms with Crippen LogP contribution in [0.3, 0.4) is 0 Å². The number of hydrogen-bond acceptors (Lipinski definition) is 6. The third-order valence-electron chi connectivity index (χ3n) is 7.47. The van der Waals surface area contributed by atoms with Crippen LogP contribution in [0, 0.1) is 0 Å². The van der Waals surface area contributed by atoms with Crippen LogP contribution in [0.25, 0.3) is 32.8 Å². The molecule has 0 saturated carbocycles. The second kappa shape index (κ2) is 9.57. The maximum atomic E-state index is 14.0. The minimum atomic E-state index is -0.417. The zero-order chi connectivity index (χ0) is 26.4. The number of nitrogens with zero attached hydrogens (tertiary/aromatic N) is 6. The first-order valence-electron chi connectivity index (χ1n) is 13.1. The Morgan fingerprint density at radius 3 is 2.50 bits per heavy atom. The molecule has 0 radical (unpaired) electrons. The van der Waals surface area contributed by atoms with Crippen molar-refractivity contribution in [3.63, 3.8) is 0 Å². The highest BCUT2D eigenvalue weighted by Gasteiger charge is 2.26. The normalized spacial score (nSPS) is 16.4. The minimum absolute atomic E-state index is 0.0477. The number of hydrogen-bond donors (Lipinski definition) is 1. The first kappa shape index (κ1) is 24.1. The number of benzene rings is 2. The smallest absolute Gasteiger partial charge is 0.332 e. The van der Waals surface area contributed by atoms with Crippen molar-refractivity contribution in [2.24, 2.45) is 12.8 Å². The topological polar surface area (TPSA) is 104 Å². The Bertz CT molecular complexity index is 1830. The van der Waals surface area contributed by atoms with E-state index in [0.717, 1.165) is 41.1 Å². The Kier molecular flexibility index (Phi) is 6.07. The number of fused-ring (bicyclic) bond motifs is 4. The molecule has 1 atom stereocenters. The van der Waals surface area contributed by atoms with E-state index >= 15 is 0 Å². The SMILES string of the molecule is C/C=C/Cn1c(N2CCCC(N)C2)nc2c1c(=O)n(Cc1nc3ccccc3c3ccccc13)c(=O)n2C. The predicted octanol–water partition coefficient (Wildman–Crippen LogP) is 3.15. The Hall–Kier alpha value is -4.24. The van der Waals surface area contributed by atoms with Crippen LogP contribution in [0.5, 0.6) is 0 Å². The summed E-state index contributed by atoms with van der Waals surface area (Å²) in [6.45, 7) is 3.95. The number of para-hydroxylation sites is 1. The molecule has 0 aliphatic carbocycles. The van der Waals surface area contributed by atoms with Crippen molar-refractivity contribution in [1.29, 1.82) is 0 Å². The zero-order valence-electron chi connectivity index (χ0n) is 21.7. The Labute approximate surface area is 219 Å². The molecule has 1 aliphatic heterocycles. The van der Waals surface area contributed by atoms with Gasteiger partial charge in [0.2, 0.25) is 5.95 Å². The molecule has 2 aromatic carbocycles. The fraction of sp³-hybridized carbons (Fsp3) is 0.310. The van der Waals surface area contributed by atoms with Gasteiger partial charge in [-0.25, -0.2) is 4.79 Å². The lowest BCUT2D eigenvalue weighted by Gasteiger charge is -2.31. The standard InChI is InChI=1S/C29H31N7O2/c1-3-4-16-35-25-26(32-28(35)34-15-9-10-19(30)17-34)33(2)29(38)36(27(25)37)18-24-22-13-6-5-11-20(22)21-12-7-8-14-23(21)31-24/h3-8,11-14,19H,9-10,15-18,30H2,1-2H3/b4-3+. The summed E-state index contributed by atoms with van der Waals surface area (Å²) in [7, 11) is 1.67. The van der Waals surface area contributed by atoms with Crippen LogP contribution in [0.2, 0.25) is 0 Å². The number of aryl methyl sites for hydroxylation is 1. The van der Waals surface area contributed by atoms with Gasteiger partial charge in [0, 0.05) is 43.5 Å². The van der Waals surface area contributed by atoms with Gasteiger partial charge in [0.25, 0.3) is 5.56 Å². The fourth-order valence-corrected chi connectivity index (χ4v) is 5.56. The lowest BCUT2D eigenvalue weighted by molar-refractivity contribution is 0.495. The number of anilines is 1. The number of rotatable bonds is 5. The summed E-state index contributed by atoms with van der Waals surface area (Å²) in [6, 6.07) is 16.0. The summed E-state index contributed by atoms with van der Waals surface area (Å²) in [5.74, 6) is 0.673. The van der Waals surface area contributed by atoms with Crippen LogP contribution in [-0.4, -0.2) is 42.8 Å². The van der Waals surface area contributed by atoms with E-state index in [-0.39, 0.29) is 18.1 Å². The monoisotopic (exact) mass is 509 g/mol. The van der Waals surface area contributed by atoms with E-state index in [9.17, 15) is 9.59 Å². The highest BCUT2D eigenvalue weighted by molar-refractivity contribution is 6.06. The Balaban J connectivity index is 1.57. The summed E-state index contributed by atoms with van der Waals surface area (Å²) < 4.78 is 4.67. The van der Waals surface area contributed by atoms with Gasteiger partial charge in [-0.1, -0.05) is 54.6 Å². The molecule has 0 amide bonds. The molecule has 9 heteroatoms. The molecular formula is C29H31N7O2. The number of pyridine rings is 1. The van der Waals surface area contributed by atoms with Crippen molar-refractivity contribution in [3.8, 4) is 0 Å². The van der Waals surface area contributed by atoms with Crippen molar-refractivity contribution in [2.45, 2.75) is 38.9 Å². The maximum absolute atomic E-state index is 14.0. The molecule has 1 fully saturated rings. The van der Waals surface area contributed by atoms with E-state index < -0.39 is 5.69 Å². The minimum Gasteiger partial charge on any atom is -0.341 e. The second-order valence-electron chi connectivity index (χ2n) is 9.97. The molecule has 1 saturated heterocycles. The third-order valence-corrected chi connectivity index (χ3v) is 7.47. The first-order valence-corrected chi connectivity index (χ1v) is 13.1. The largest absolute Gasteiger partial charge is 0.341 e. The molecule has 9 nitrogen and oxygen atoms in total. The summed E-state index contributed by atoms with van der Waals surface area (Å²) in [5.41, 5.74) is 7.77. The van der Waals surface area contributed by atoms with Crippen LogP contribution in [0.4, 0.5) is 5.95 Å². The van der Waals surface area contributed by atoms with E-state index in [0.29, 0.717) is 35.9 Å². The average molecular weight is 510 g/mol. The van der Waals surface area contributed by atoms with Gasteiger partial charge in [-0.15, -0.1) is 0 Å². The summed E-state index contributed by atoms with van der Waals surface area (Å²) in [5, 5.41) is 3.00. The van der Waals surface area contributed by atoms with E-state index in [4.69, 9.17) is 15.7 Å². The molecular weight excluding hydrogens is 478 g/mol. The van der Waals surface area contributed by atoms with Crippen LogP contribution in [0.1, 0.15) is 25.5 Å². The lowest BCUT2D eigenvalue weighted by atomic mass is 10.0. The van der Waals surface area contributed by atoms with Gasteiger partial charge in [0.05, 0.1) is 17.8 Å². The highest BCUT2D eigenvalue weighted by Crippen LogP contribution is 2.27. The van der Waals surface area contributed by atoms with Gasteiger partial charge in [0.15, 0.2) is 11.2 Å². The summed E-state index contributed by atoms with van der Waals surface area (Å²) >= 11 is 0. The van der Waals surface area contributed by atoms with Crippen molar-refractivity contribution in [1.82, 2.24) is 23.7 Å². The first-order chi connectivity index (χ1) is 18.5. The summed E-state index contributed by atoms with van der Waals surface area (Å²) in [6.07, 6.45) is 5.85. The Morgan fingerprint density at radius 1 is 1.00 bits per heavy atom. The predicted molar refractivity (Wildman–Crippen MR) is 152 cm³/mol. The molecule has 1 aliphatic rings. The number of allylic oxidation sites excluding steroid dienone is 2. The number of nitrogens with two attached hydrogens (primary N) is 1. The molecule has 38 heavy (non-hydrogen) atoms. The van der Waals surface area contributed by atoms with Crippen LogP contribution in [-0.2, 0) is 20.1 Å². The van der Waals surface area contributed by atoms with E-state index in [1.165, 1.54) is 9.13 Å². The maximum Gasteiger partial charge on any atom is 0.332 e. The average Bonchev–Trinajstić information content (AvgIpc) is 3.33. The molecule has 5 aromatic rings. The van der Waals surface area contributed by atoms with Gasteiger partial charge >= 0.3 is 5.69 Å². The van der Waals surface area contributed by atoms with Crippen LogP contribution in [0.15, 0.2) is 70.3 Å². The van der Waals surface area contributed by atoms with E-state index in [1.54, 1.807) is 7.05 Å². The van der Waals surface area contributed by atoms with Crippen molar-refractivity contribution in [2.75, 3.05) is 18.0 Å². The van der Waals surface area contributed by atoms with Crippen LogP contribution < -0.4 is 21.9 Å². The van der Waals surface area contributed by atoms with Gasteiger partial charge in [0.1, 0.15) is 0 Å². The summed E-state index contributed by atoms with van der Waals surface area (Å²) in [4.78, 5) is 39.4. The third kappa shape index (κ3) is 3.90. The number of piperidine rings is 1. The molecule has 2 N–H and O–H groups in total. The van der Waals surface area contributed by atoms with Crippen molar-refractivity contribution in [3.05, 3.63) is 87.2 Å². The van der Waals surface area contributed by atoms with Crippen LogP contribution >= 0.6 is 0 Å². The molecule has 0 bridgehead atoms. The molecule has 0 spiro atoms. The number of imidazole rings is 1. The quantitative estimate of drug-likeness (QED) is 0.288. The van der Waals surface area contributed by atoms with Gasteiger partial charge in [-0.3, -0.25) is 18.9 Å². The van der Waals surface area contributed by atoms with Gasteiger partial charge in [-0.2, -0.15) is 4.98 Å². The van der Waals surface area contributed by atoms with Gasteiger partial charge < -0.3 is 15.2 Å². The van der Waals surface area contributed by atoms with Crippen molar-refractivity contribution < 1.29 is 0 Å². The number of aromatic nitrogens is 5. The van der Waals surface area contributed by atoms with E-state index in [1.807, 2.05) is 66.1 Å². The second-order valence-corrected chi connectivity index (χ2v) is 9.97. The molecule has 1 unspecified atom stereocenters. The van der Waals surface area contributed by atoms with E-state index in [2.05, 4.69) is 11.0 Å². The molecule has 4 heterocycles. The van der Waals surface area contributed by atoms with Crippen molar-refractivity contribution >= 4 is 38.8 Å². The molecule has 194 valence electrons.